The minimum absolute atomic E-state index is 0. The number of ketones is 1. The molecule has 0 atom stereocenters. The van der Waals surface area contributed by atoms with E-state index in [1.807, 2.05) is 0 Å². The molecule has 10 heavy (non-hydrogen) atoms. The fourth-order valence-electron chi connectivity index (χ4n) is 0. The van der Waals surface area contributed by atoms with Gasteiger partial charge >= 0.3 is 0 Å². The van der Waals surface area contributed by atoms with Crippen LogP contribution in [0.5, 0.6) is 0 Å². The van der Waals surface area contributed by atoms with Crippen LogP contribution >= 0.6 is 17.0 Å². The number of rotatable bonds is 1. The second-order valence-corrected chi connectivity index (χ2v) is 1.21. The van der Waals surface area contributed by atoms with Gasteiger partial charge < -0.3 is 16.8 Å². The average Bonchev–Trinajstić information content (AvgIpc) is 1.69. The van der Waals surface area contributed by atoms with Crippen LogP contribution in [0, 0.1) is 6.92 Å². The van der Waals surface area contributed by atoms with E-state index in [2.05, 4.69) is 6.92 Å². The zero-order valence-corrected chi connectivity index (χ0v) is 11.3. The van der Waals surface area contributed by atoms with Gasteiger partial charge in [0.15, 0.2) is 0 Å². The Morgan fingerprint density at radius 2 is 1.60 bits per heavy atom. The third kappa shape index (κ3) is 73.4. The molecule has 0 aliphatic carbocycles. The Morgan fingerprint density at radius 1 is 1.50 bits per heavy atom. The van der Waals surface area contributed by atoms with E-state index in [9.17, 15) is 4.79 Å². The van der Waals surface area contributed by atoms with E-state index in [1.54, 1.807) is 13.8 Å². The molecule has 0 unspecified atom stereocenters. The van der Waals surface area contributed by atoms with Crippen LogP contribution in [0.3, 0.4) is 0 Å². The first kappa shape index (κ1) is 22.4. The summed E-state index contributed by atoms with van der Waals surface area (Å²) in [5.74, 6) is 0.00463. The van der Waals surface area contributed by atoms with Gasteiger partial charge in [0.25, 0.3) is 0 Å². The molecule has 0 aliphatic heterocycles. The van der Waals surface area contributed by atoms with Crippen LogP contribution in [0.1, 0.15) is 20.3 Å². The van der Waals surface area contributed by atoms with Crippen LogP contribution in [0.2, 0.25) is 0 Å². The van der Waals surface area contributed by atoms with Crippen molar-refractivity contribution in [2.45, 2.75) is 20.3 Å². The first-order valence-corrected chi connectivity index (χ1v) is 2.64. The number of hydrogen-bond acceptors (Lipinski definition) is 2. The maximum Gasteiger partial charge on any atom is 0.0402 e. The van der Waals surface area contributed by atoms with Crippen LogP contribution < -0.4 is 0 Å². The summed E-state index contributed by atoms with van der Waals surface area (Å²) in [7, 11) is 0. The second kappa shape index (κ2) is 22.6. The van der Waals surface area contributed by atoms with E-state index in [1.165, 1.54) is 0 Å². The molecule has 0 saturated heterocycles. The molecule has 0 aromatic rings. The van der Waals surface area contributed by atoms with Crippen LogP contribution in [0.15, 0.2) is 0 Å². The minimum Gasteiger partial charge on any atom is -0.397 e. The molecule has 1 N–H and O–H groups in total. The summed E-state index contributed by atoms with van der Waals surface area (Å²) in [6, 6.07) is 0. The third-order valence-electron chi connectivity index (χ3n) is 0.394. The Bertz CT molecular complexity index is 59.7. The molecule has 4 heteroatoms. The molecule has 0 aromatic carbocycles. The van der Waals surface area contributed by atoms with Crippen molar-refractivity contribution >= 4 is 22.8 Å². The summed E-state index contributed by atoms with van der Waals surface area (Å²) in [5.41, 5.74) is 0. The molecular formula is C6H14BrO2Zn-. The summed E-state index contributed by atoms with van der Waals surface area (Å²) in [5, 5.41) is 7.57. The van der Waals surface area contributed by atoms with Crippen molar-refractivity contribution in [2.75, 3.05) is 6.61 Å². The summed E-state index contributed by atoms with van der Waals surface area (Å²) in [6.45, 7) is 6.84. The van der Waals surface area contributed by atoms with Gasteiger partial charge in [0.2, 0.25) is 0 Å². The third-order valence-corrected chi connectivity index (χ3v) is 0.394. The maximum atomic E-state index is 9.70. The molecule has 0 rings (SSSR count). The second-order valence-electron chi connectivity index (χ2n) is 1.21. The van der Waals surface area contributed by atoms with Crippen molar-refractivity contribution in [1.29, 1.82) is 0 Å². The molecule has 0 spiro atoms. The van der Waals surface area contributed by atoms with Crippen molar-refractivity contribution in [1.82, 2.24) is 0 Å². The van der Waals surface area contributed by atoms with Crippen LogP contribution in [-0.2, 0) is 24.3 Å². The molecule has 0 bridgehead atoms. The van der Waals surface area contributed by atoms with Gasteiger partial charge in [0, 0.05) is 26.1 Å². The van der Waals surface area contributed by atoms with Crippen LogP contribution in [0.25, 0.3) is 0 Å². The number of Topliss-reactive ketones (excluding diaryl/α,β-unsaturated/α-hetero) is 1. The predicted molar refractivity (Wildman–Crippen MR) is 43.7 cm³/mol. The number of halogens is 1. The molecule has 2 nitrogen and oxygen atoms in total. The molecule has 0 radical (unpaired) electrons. The van der Waals surface area contributed by atoms with Crippen molar-refractivity contribution < 1.29 is 29.4 Å². The zero-order valence-electron chi connectivity index (χ0n) is 6.59. The summed E-state index contributed by atoms with van der Waals surface area (Å²) in [6.07, 6.45) is 0.556. The largest absolute Gasteiger partial charge is 0.397 e. The van der Waals surface area contributed by atoms with Gasteiger partial charge in [-0.1, -0.05) is 6.92 Å². The van der Waals surface area contributed by atoms with Crippen LogP contribution in [-0.4, -0.2) is 17.5 Å². The van der Waals surface area contributed by atoms with E-state index in [0.717, 1.165) is 0 Å². The molecular weight excluding hydrogens is 249 g/mol. The number of carbonyl (C=O) groups is 1. The molecule has 0 aromatic heterocycles. The Hall–Kier alpha value is 0.603. The Morgan fingerprint density at radius 3 is 1.60 bits per heavy atom. The van der Waals surface area contributed by atoms with Gasteiger partial charge in [-0.3, -0.25) is 0 Å². The SMILES string of the molecule is Br.CCO.[CH2-]C(=O)CC.[Zn]. The predicted octanol–water partition coefficient (Wildman–Crippen LogP) is 1.37. The van der Waals surface area contributed by atoms with Gasteiger partial charge in [-0.15, -0.1) is 17.0 Å². The number of aliphatic hydroxyl groups is 1. The number of aliphatic hydroxyl groups excluding tert-OH is 1. The Kier molecular flexibility index (Phi) is 50.8. The smallest absolute Gasteiger partial charge is 0.0402 e. The topological polar surface area (TPSA) is 37.3 Å². The monoisotopic (exact) mass is 261 g/mol. The maximum absolute atomic E-state index is 9.70. The molecule has 0 amide bonds. The molecule has 60 valence electrons. The van der Waals surface area contributed by atoms with Gasteiger partial charge in [0.1, 0.15) is 0 Å². The summed E-state index contributed by atoms with van der Waals surface area (Å²) < 4.78 is 0. The van der Waals surface area contributed by atoms with Crippen molar-refractivity contribution in [3.8, 4) is 0 Å². The van der Waals surface area contributed by atoms with Gasteiger partial charge in [0.05, 0.1) is 0 Å². The Labute approximate surface area is 85.9 Å². The molecule has 0 aliphatic rings. The first-order valence-electron chi connectivity index (χ1n) is 2.64. The van der Waals surface area contributed by atoms with E-state index in [4.69, 9.17) is 5.11 Å². The number of hydrogen-bond donors (Lipinski definition) is 1. The quantitative estimate of drug-likeness (QED) is 0.573. The fourth-order valence-corrected chi connectivity index (χ4v) is 0. The molecule has 0 fully saturated rings. The molecule has 0 saturated carbocycles. The Balaban J connectivity index is -0.0000000326. The summed E-state index contributed by atoms with van der Waals surface area (Å²) in [4.78, 5) is 9.70. The van der Waals surface area contributed by atoms with Crippen LogP contribution in [0.4, 0.5) is 0 Å². The average molecular weight is 263 g/mol. The number of carbonyl (C=O) groups excluding carboxylic acids is 1. The van der Waals surface area contributed by atoms with E-state index >= 15 is 0 Å². The van der Waals surface area contributed by atoms with Gasteiger partial charge in [-0.05, 0) is 19.1 Å². The molecule has 0 heterocycles. The van der Waals surface area contributed by atoms with E-state index in [0.29, 0.717) is 6.42 Å². The van der Waals surface area contributed by atoms with Crippen molar-refractivity contribution in [2.24, 2.45) is 0 Å². The van der Waals surface area contributed by atoms with E-state index < -0.39 is 0 Å². The summed E-state index contributed by atoms with van der Waals surface area (Å²) >= 11 is 0. The van der Waals surface area contributed by atoms with Gasteiger partial charge in [-0.25, -0.2) is 0 Å². The minimum atomic E-state index is 0. The van der Waals surface area contributed by atoms with Crippen molar-refractivity contribution in [3.63, 3.8) is 0 Å². The normalized spacial score (nSPS) is 5.50. The fraction of sp³-hybridized carbons (Fsp3) is 0.667. The standard InChI is InChI=1S/C4H7O.C2H6O.BrH.Zn/c1-3-4(2)5;1-2-3;;/h2-3H2,1H3;3H,2H2,1H3;1H;/q-1;;;. The van der Waals surface area contributed by atoms with Gasteiger partial charge in [-0.2, -0.15) is 0 Å². The van der Waals surface area contributed by atoms with E-state index in [-0.39, 0.29) is 48.8 Å². The first-order chi connectivity index (χ1) is 3.68. The zero-order chi connectivity index (χ0) is 6.99. The van der Waals surface area contributed by atoms with Crippen molar-refractivity contribution in [3.05, 3.63) is 6.92 Å².